The Morgan fingerprint density at radius 1 is 1.27 bits per heavy atom. The van der Waals surface area contributed by atoms with Crippen LogP contribution in [0.15, 0.2) is 33.0 Å². The molecule has 0 aliphatic rings. The Balaban J connectivity index is 2.82. The van der Waals surface area contributed by atoms with E-state index in [1.807, 2.05) is 0 Å². The van der Waals surface area contributed by atoms with E-state index in [0.717, 1.165) is 14.2 Å². The topological polar surface area (TPSA) is 99.7 Å². The molecule has 0 fully saturated rings. The van der Waals surface area contributed by atoms with Crippen molar-refractivity contribution in [3.63, 3.8) is 0 Å². The number of benzene rings is 1. The number of amides is 1. The molecule has 2 aromatic rings. The lowest BCUT2D eigenvalue weighted by Crippen LogP contribution is -2.43. The maximum atomic E-state index is 14.3. The van der Waals surface area contributed by atoms with Gasteiger partial charge in [-0.2, -0.15) is 8.96 Å². The number of carbonyl (C=O) groups excluding carboxylic acids is 1. The van der Waals surface area contributed by atoms with Crippen molar-refractivity contribution in [2.24, 2.45) is 12.0 Å². The zero-order valence-corrected chi connectivity index (χ0v) is 15.9. The third kappa shape index (κ3) is 3.42. The molecule has 2 rings (SSSR count). The van der Waals surface area contributed by atoms with E-state index in [0.29, 0.717) is 26.9 Å². The number of carbonyl (C=O) groups is 1. The number of aryl methyl sites for hydroxylation is 2. The van der Waals surface area contributed by atoms with Crippen LogP contribution < -0.4 is 11.2 Å². The van der Waals surface area contributed by atoms with Crippen molar-refractivity contribution in [3.05, 3.63) is 56.3 Å². The van der Waals surface area contributed by atoms with E-state index in [1.165, 1.54) is 19.1 Å². The maximum absolute atomic E-state index is 14.3. The van der Waals surface area contributed by atoms with Gasteiger partial charge in [0.25, 0.3) is 10.0 Å². The standard InChI is InChI=1S/C15H15ClFN3O5S/c1-8-6-12(9(2)5-10(8)16)26(23,24)20-7-11(17)13(18-14(21)25-4)19(3)15(20)22/h5-7H,1-4H3/b18-13+. The van der Waals surface area contributed by atoms with Crippen LogP contribution in [0.25, 0.3) is 0 Å². The van der Waals surface area contributed by atoms with Crippen molar-refractivity contribution in [3.8, 4) is 0 Å². The Kier molecular flexibility index (Phi) is 5.38. The van der Waals surface area contributed by atoms with Crippen LogP contribution in [-0.2, 0) is 21.8 Å². The first kappa shape index (κ1) is 19.9. The lowest BCUT2D eigenvalue weighted by Gasteiger charge is -2.13. The van der Waals surface area contributed by atoms with Crippen LogP contribution in [0, 0.1) is 19.7 Å². The summed E-state index contributed by atoms with van der Waals surface area (Å²) in [5, 5.41) is 0.359. The van der Waals surface area contributed by atoms with Crippen molar-refractivity contribution >= 4 is 27.7 Å². The predicted octanol–water partition coefficient (Wildman–Crippen LogP) is 1.50. The Labute approximate surface area is 153 Å². The second-order valence-electron chi connectivity index (χ2n) is 5.39. The molecule has 0 spiro atoms. The maximum Gasteiger partial charge on any atom is 0.435 e. The molecule has 11 heteroatoms. The second kappa shape index (κ2) is 7.04. The number of hydrogen-bond acceptors (Lipinski definition) is 5. The van der Waals surface area contributed by atoms with E-state index in [4.69, 9.17) is 11.6 Å². The van der Waals surface area contributed by atoms with E-state index in [9.17, 15) is 22.4 Å². The fourth-order valence-corrected chi connectivity index (χ4v) is 3.97. The molecule has 0 aliphatic heterocycles. The lowest BCUT2D eigenvalue weighted by molar-refractivity contribution is 0.181. The summed E-state index contributed by atoms with van der Waals surface area (Å²) in [6.45, 7) is 3.10. The number of ether oxygens (including phenoxy) is 1. The Morgan fingerprint density at radius 3 is 2.46 bits per heavy atom. The van der Waals surface area contributed by atoms with Gasteiger partial charge in [0, 0.05) is 12.1 Å². The molecule has 0 radical (unpaired) electrons. The molecule has 0 N–H and O–H groups in total. The van der Waals surface area contributed by atoms with Crippen LogP contribution in [0.3, 0.4) is 0 Å². The van der Waals surface area contributed by atoms with E-state index < -0.39 is 33.1 Å². The smallest absolute Gasteiger partial charge is 0.435 e. The van der Waals surface area contributed by atoms with Crippen LogP contribution in [0.2, 0.25) is 5.02 Å². The number of rotatable bonds is 2. The van der Waals surface area contributed by atoms with Crippen molar-refractivity contribution in [1.82, 2.24) is 8.54 Å². The summed E-state index contributed by atoms with van der Waals surface area (Å²) < 4.78 is 45.1. The Morgan fingerprint density at radius 2 is 1.88 bits per heavy atom. The van der Waals surface area contributed by atoms with E-state index in [2.05, 4.69) is 9.73 Å². The van der Waals surface area contributed by atoms with Gasteiger partial charge in [0.05, 0.1) is 18.2 Å². The summed E-state index contributed by atoms with van der Waals surface area (Å²) >= 11 is 5.96. The van der Waals surface area contributed by atoms with E-state index in [1.54, 1.807) is 6.92 Å². The zero-order chi connectivity index (χ0) is 19.8. The normalized spacial score (nSPS) is 12.3. The third-order valence-electron chi connectivity index (χ3n) is 3.60. The highest BCUT2D eigenvalue weighted by Crippen LogP contribution is 2.24. The number of methoxy groups -OCH3 is 1. The minimum atomic E-state index is -4.41. The van der Waals surface area contributed by atoms with Gasteiger partial charge in [0.1, 0.15) is 0 Å². The minimum Gasteiger partial charge on any atom is -0.451 e. The first-order valence-corrected chi connectivity index (χ1v) is 8.95. The van der Waals surface area contributed by atoms with Gasteiger partial charge in [-0.1, -0.05) is 11.6 Å². The highest BCUT2D eigenvalue weighted by Gasteiger charge is 2.24. The largest absolute Gasteiger partial charge is 0.451 e. The monoisotopic (exact) mass is 403 g/mol. The SMILES string of the molecule is COC(=O)/N=c1\c(F)cn(S(=O)(=O)c2cc(C)c(Cl)cc2C)c(=O)n1C. The number of aromatic nitrogens is 2. The molecule has 0 bridgehead atoms. The van der Waals surface area contributed by atoms with Crippen LogP contribution in [0.5, 0.6) is 0 Å². The molecule has 0 unspecified atom stereocenters. The van der Waals surface area contributed by atoms with Crippen molar-refractivity contribution in [2.45, 2.75) is 18.7 Å². The van der Waals surface area contributed by atoms with Crippen LogP contribution in [0.1, 0.15) is 11.1 Å². The highest BCUT2D eigenvalue weighted by molar-refractivity contribution is 7.90. The molecular formula is C15H15ClFN3O5S. The van der Waals surface area contributed by atoms with Gasteiger partial charge in [-0.3, -0.25) is 4.57 Å². The Bertz CT molecular complexity index is 1140. The second-order valence-corrected chi connectivity index (χ2v) is 7.58. The quantitative estimate of drug-likeness (QED) is 0.756. The average molecular weight is 404 g/mol. The first-order chi connectivity index (χ1) is 12.0. The van der Waals surface area contributed by atoms with Gasteiger partial charge in [-0.05, 0) is 37.1 Å². The molecule has 0 saturated heterocycles. The van der Waals surface area contributed by atoms with Gasteiger partial charge in [0.15, 0.2) is 11.3 Å². The molecule has 1 heterocycles. The lowest BCUT2D eigenvalue weighted by atomic mass is 10.2. The van der Waals surface area contributed by atoms with Crippen molar-refractivity contribution in [2.75, 3.05) is 7.11 Å². The highest BCUT2D eigenvalue weighted by atomic mass is 35.5. The average Bonchev–Trinajstić information content (AvgIpc) is 2.57. The van der Waals surface area contributed by atoms with Crippen molar-refractivity contribution in [1.29, 1.82) is 0 Å². The molecule has 1 amide bonds. The molecule has 140 valence electrons. The first-order valence-electron chi connectivity index (χ1n) is 7.14. The van der Waals surface area contributed by atoms with Gasteiger partial charge in [-0.15, -0.1) is 0 Å². The molecule has 8 nitrogen and oxygen atoms in total. The third-order valence-corrected chi connectivity index (χ3v) is 5.78. The molecule has 0 saturated carbocycles. The molecule has 26 heavy (non-hydrogen) atoms. The fraction of sp³-hybridized carbons (Fsp3) is 0.267. The zero-order valence-electron chi connectivity index (χ0n) is 14.3. The van der Waals surface area contributed by atoms with Crippen LogP contribution >= 0.6 is 11.6 Å². The molecular weight excluding hydrogens is 389 g/mol. The molecule has 1 aromatic heterocycles. The van der Waals surface area contributed by atoms with Crippen LogP contribution in [-0.4, -0.2) is 30.2 Å². The number of hydrogen-bond donors (Lipinski definition) is 0. The van der Waals surface area contributed by atoms with E-state index >= 15 is 0 Å². The fourth-order valence-electron chi connectivity index (χ4n) is 2.19. The summed E-state index contributed by atoms with van der Waals surface area (Å²) in [5.74, 6) is -1.19. The number of halogens is 2. The van der Waals surface area contributed by atoms with Gasteiger partial charge in [0.2, 0.25) is 0 Å². The minimum absolute atomic E-state index is 0.196. The summed E-state index contributed by atoms with van der Waals surface area (Å²) in [4.78, 5) is 26.7. The molecule has 1 aromatic carbocycles. The summed E-state index contributed by atoms with van der Waals surface area (Å²) in [5.41, 5.74) is -0.997. The summed E-state index contributed by atoms with van der Waals surface area (Å²) in [7, 11) is -2.30. The number of nitrogens with zero attached hydrogens (tertiary/aromatic N) is 3. The van der Waals surface area contributed by atoms with Gasteiger partial charge < -0.3 is 4.74 Å². The van der Waals surface area contributed by atoms with Gasteiger partial charge in [-0.25, -0.2) is 22.4 Å². The molecule has 0 aliphatic carbocycles. The van der Waals surface area contributed by atoms with Crippen molar-refractivity contribution < 1.29 is 22.3 Å². The van der Waals surface area contributed by atoms with Crippen LogP contribution in [0.4, 0.5) is 9.18 Å². The summed E-state index contributed by atoms with van der Waals surface area (Å²) in [6, 6.07) is 2.73. The summed E-state index contributed by atoms with van der Waals surface area (Å²) in [6.07, 6.45) is -0.674. The predicted molar refractivity (Wildman–Crippen MR) is 91.1 cm³/mol. The van der Waals surface area contributed by atoms with Gasteiger partial charge >= 0.3 is 11.8 Å². The Hall–Kier alpha value is -2.46. The van der Waals surface area contributed by atoms with E-state index in [-0.39, 0.29) is 8.87 Å². The molecule has 0 atom stereocenters.